The Hall–Kier alpha value is -1.00. The van der Waals surface area contributed by atoms with Crippen molar-refractivity contribution >= 4 is 33.5 Å². The van der Waals surface area contributed by atoms with E-state index in [1.165, 1.54) is 5.56 Å². The molecule has 0 aliphatic carbocycles. The van der Waals surface area contributed by atoms with Crippen molar-refractivity contribution in [3.8, 4) is 0 Å². The van der Waals surface area contributed by atoms with Crippen molar-refractivity contribution in [1.29, 1.82) is 0 Å². The van der Waals surface area contributed by atoms with Crippen LogP contribution in [0.15, 0.2) is 28.9 Å². The number of H-pyrrole nitrogens is 1. The fraction of sp³-hybridized carbons (Fsp3) is 0.182. The highest BCUT2D eigenvalue weighted by Crippen LogP contribution is 2.17. The summed E-state index contributed by atoms with van der Waals surface area (Å²) < 4.78 is 0.791. The van der Waals surface area contributed by atoms with E-state index >= 15 is 0 Å². The second-order valence-corrected chi connectivity index (χ2v) is 4.71. The summed E-state index contributed by atoms with van der Waals surface area (Å²) in [6.07, 6.45) is 1.80. The highest BCUT2D eigenvalue weighted by Gasteiger charge is 2.05. The molecule has 2 aromatic rings. The maximum absolute atomic E-state index is 5.82. The Labute approximate surface area is 107 Å². The van der Waals surface area contributed by atoms with Crippen LogP contribution in [0.2, 0.25) is 5.02 Å². The Morgan fingerprint density at radius 2 is 1.94 bits per heavy atom. The van der Waals surface area contributed by atoms with Crippen LogP contribution in [0.1, 0.15) is 11.3 Å². The molecule has 5 heteroatoms. The van der Waals surface area contributed by atoms with Gasteiger partial charge in [0.2, 0.25) is 0 Å². The molecule has 1 aromatic heterocycles. The van der Waals surface area contributed by atoms with Crippen molar-refractivity contribution in [2.24, 2.45) is 0 Å². The number of nitrogens with one attached hydrogen (secondary N) is 1. The van der Waals surface area contributed by atoms with E-state index in [1.807, 2.05) is 24.3 Å². The van der Waals surface area contributed by atoms with Gasteiger partial charge >= 0.3 is 0 Å². The molecule has 3 nitrogen and oxygen atoms in total. The van der Waals surface area contributed by atoms with Gasteiger partial charge in [-0.05, 0) is 46.5 Å². The molecular formula is C11H11BrClN3. The third-order valence-electron chi connectivity index (χ3n) is 2.32. The second-order valence-electron chi connectivity index (χ2n) is 3.52. The summed E-state index contributed by atoms with van der Waals surface area (Å²) in [5.41, 5.74) is 7.82. The fourth-order valence-electron chi connectivity index (χ4n) is 1.49. The Morgan fingerprint density at radius 1 is 1.25 bits per heavy atom. The van der Waals surface area contributed by atoms with Gasteiger partial charge in [0.1, 0.15) is 4.60 Å². The van der Waals surface area contributed by atoms with Gasteiger partial charge in [-0.15, -0.1) is 0 Å². The van der Waals surface area contributed by atoms with Crippen molar-refractivity contribution in [3.05, 3.63) is 45.1 Å². The number of nitrogen functional groups attached to an aromatic ring is 1. The molecule has 1 heterocycles. The lowest BCUT2D eigenvalue weighted by Crippen LogP contribution is -1.93. The van der Waals surface area contributed by atoms with Gasteiger partial charge in [-0.25, -0.2) is 4.98 Å². The van der Waals surface area contributed by atoms with E-state index < -0.39 is 0 Å². The Bertz CT molecular complexity index is 478. The first-order chi connectivity index (χ1) is 7.65. The van der Waals surface area contributed by atoms with Crippen LogP contribution in [0, 0.1) is 0 Å². The molecule has 3 N–H and O–H groups in total. The summed E-state index contributed by atoms with van der Waals surface area (Å²) in [5, 5.41) is 0.760. The Kier molecular flexibility index (Phi) is 3.51. The highest BCUT2D eigenvalue weighted by atomic mass is 79.9. The molecular weight excluding hydrogens is 289 g/mol. The van der Waals surface area contributed by atoms with Gasteiger partial charge in [-0.2, -0.15) is 0 Å². The van der Waals surface area contributed by atoms with Gasteiger partial charge in [-0.1, -0.05) is 23.7 Å². The van der Waals surface area contributed by atoms with Crippen LogP contribution in [0.4, 0.5) is 5.95 Å². The minimum atomic E-state index is 0.443. The van der Waals surface area contributed by atoms with E-state index in [4.69, 9.17) is 17.3 Å². The number of aromatic amines is 1. The average molecular weight is 301 g/mol. The van der Waals surface area contributed by atoms with E-state index in [2.05, 4.69) is 25.9 Å². The first-order valence-electron chi connectivity index (χ1n) is 4.89. The van der Waals surface area contributed by atoms with Crippen LogP contribution in [0.25, 0.3) is 0 Å². The van der Waals surface area contributed by atoms with Crippen LogP contribution in [-0.2, 0) is 12.8 Å². The van der Waals surface area contributed by atoms with E-state index in [1.54, 1.807) is 0 Å². The van der Waals surface area contributed by atoms with Gasteiger partial charge < -0.3 is 10.7 Å². The minimum Gasteiger partial charge on any atom is -0.369 e. The van der Waals surface area contributed by atoms with Crippen LogP contribution in [-0.4, -0.2) is 9.97 Å². The summed E-state index contributed by atoms with van der Waals surface area (Å²) >= 11 is 9.18. The zero-order valence-corrected chi connectivity index (χ0v) is 10.8. The third-order valence-corrected chi connectivity index (χ3v) is 3.23. The van der Waals surface area contributed by atoms with Crippen molar-refractivity contribution in [2.75, 3.05) is 5.73 Å². The molecule has 16 heavy (non-hydrogen) atoms. The molecule has 2 rings (SSSR count). The molecule has 0 amide bonds. The van der Waals surface area contributed by atoms with Gasteiger partial charge in [0, 0.05) is 5.02 Å². The van der Waals surface area contributed by atoms with Crippen LogP contribution < -0.4 is 5.73 Å². The van der Waals surface area contributed by atoms with E-state index in [9.17, 15) is 0 Å². The molecule has 0 saturated heterocycles. The number of nitrogens with two attached hydrogens (primary N) is 1. The smallest absolute Gasteiger partial charge is 0.198 e. The van der Waals surface area contributed by atoms with Gasteiger partial charge in [0.25, 0.3) is 0 Å². The number of hydrogen-bond acceptors (Lipinski definition) is 2. The summed E-state index contributed by atoms with van der Waals surface area (Å²) in [7, 11) is 0. The molecule has 84 valence electrons. The number of nitrogens with zero attached hydrogens (tertiary/aromatic N) is 1. The lowest BCUT2D eigenvalue weighted by atomic mass is 10.1. The van der Waals surface area contributed by atoms with Gasteiger partial charge in [0.15, 0.2) is 5.95 Å². The zero-order valence-electron chi connectivity index (χ0n) is 8.50. The van der Waals surface area contributed by atoms with Crippen molar-refractivity contribution in [3.63, 3.8) is 0 Å². The number of rotatable bonds is 3. The van der Waals surface area contributed by atoms with E-state index in [-0.39, 0.29) is 0 Å². The molecule has 0 bridgehead atoms. The van der Waals surface area contributed by atoms with E-state index in [0.717, 1.165) is 28.2 Å². The molecule has 0 saturated carbocycles. The fourth-order valence-corrected chi connectivity index (χ4v) is 2.11. The molecule has 0 atom stereocenters. The number of aromatic nitrogens is 2. The maximum atomic E-state index is 5.82. The van der Waals surface area contributed by atoms with Crippen molar-refractivity contribution < 1.29 is 0 Å². The van der Waals surface area contributed by atoms with Crippen LogP contribution in [0.5, 0.6) is 0 Å². The quantitative estimate of drug-likeness (QED) is 0.914. The number of hydrogen-bond donors (Lipinski definition) is 2. The van der Waals surface area contributed by atoms with E-state index in [0.29, 0.717) is 5.95 Å². The highest BCUT2D eigenvalue weighted by molar-refractivity contribution is 9.10. The van der Waals surface area contributed by atoms with Crippen molar-refractivity contribution in [1.82, 2.24) is 9.97 Å². The number of halogens is 2. The summed E-state index contributed by atoms with van der Waals surface area (Å²) in [6.45, 7) is 0. The SMILES string of the molecule is Nc1nc(Br)c(CCc2ccc(Cl)cc2)[nH]1. The second kappa shape index (κ2) is 4.89. The number of benzene rings is 1. The summed E-state index contributed by atoms with van der Waals surface area (Å²) in [4.78, 5) is 7.07. The number of aryl methyl sites for hydroxylation is 2. The van der Waals surface area contributed by atoms with Crippen molar-refractivity contribution in [2.45, 2.75) is 12.8 Å². The maximum Gasteiger partial charge on any atom is 0.198 e. The first kappa shape index (κ1) is 11.5. The number of imidazole rings is 1. The Morgan fingerprint density at radius 3 is 2.50 bits per heavy atom. The predicted molar refractivity (Wildman–Crippen MR) is 69.6 cm³/mol. The molecule has 1 aromatic carbocycles. The summed E-state index contributed by atoms with van der Waals surface area (Å²) in [6, 6.07) is 7.84. The molecule has 0 fully saturated rings. The minimum absolute atomic E-state index is 0.443. The molecule has 0 aliphatic heterocycles. The van der Waals surface area contributed by atoms with Gasteiger partial charge in [-0.3, -0.25) is 0 Å². The Balaban J connectivity index is 2.02. The lowest BCUT2D eigenvalue weighted by Gasteiger charge is -2.00. The molecule has 0 radical (unpaired) electrons. The average Bonchev–Trinajstić information content (AvgIpc) is 2.57. The van der Waals surface area contributed by atoms with Gasteiger partial charge in [0.05, 0.1) is 5.69 Å². The summed E-state index contributed by atoms with van der Waals surface area (Å²) in [5.74, 6) is 0.443. The predicted octanol–water partition coefficient (Wildman–Crippen LogP) is 3.19. The monoisotopic (exact) mass is 299 g/mol. The number of anilines is 1. The first-order valence-corrected chi connectivity index (χ1v) is 6.06. The zero-order chi connectivity index (χ0) is 11.5. The normalized spacial score (nSPS) is 10.6. The third kappa shape index (κ3) is 2.77. The largest absolute Gasteiger partial charge is 0.369 e. The van der Waals surface area contributed by atoms with Crippen LogP contribution in [0.3, 0.4) is 0 Å². The molecule has 0 aliphatic rings. The standard InChI is InChI=1S/C11H11BrClN3/c12-10-9(15-11(14)16-10)6-3-7-1-4-8(13)5-2-7/h1-2,4-5H,3,6H2,(H3,14,15,16). The lowest BCUT2D eigenvalue weighted by molar-refractivity contribution is 0.920. The topological polar surface area (TPSA) is 54.7 Å². The molecule has 0 unspecified atom stereocenters. The van der Waals surface area contributed by atoms with Crippen LogP contribution >= 0.6 is 27.5 Å². The molecule has 0 spiro atoms.